The lowest BCUT2D eigenvalue weighted by Crippen LogP contribution is -2.51. The summed E-state index contributed by atoms with van der Waals surface area (Å²) in [6.45, 7) is 7.98. The SMILES string of the molecule is CC(C)NC(=O)CN1C(c2cccc(Cl)c2)=NN(c2ccc(CC(C)N3C4CCC3COC4)cc2)C1Oc1ccccc1. The number of fused-ring (bicyclic) bond motifs is 2. The van der Waals surface area contributed by atoms with Crippen molar-refractivity contribution < 1.29 is 14.3 Å². The summed E-state index contributed by atoms with van der Waals surface area (Å²) in [7, 11) is 0. The van der Waals surface area contributed by atoms with Gasteiger partial charge in [0.15, 0.2) is 5.84 Å². The van der Waals surface area contributed by atoms with E-state index in [1.807, 2.05) is 78.4 Å². The number of hydrazone groups is 1. The molecule has 9 heteroatoms. The number of morpholine rings is 1. The third-order valence-electron chi connectivity index (χ3n) is 8.32. The van der Waals surface area contributed by atoms with Gasteiger partial charge in [0.25, 0.3) is 6.35 Å². The lowest BCUT2D eigenvalue weighted by molar-refractivity contribution is -0.123. The van der Waals surface area contributed by atoms with Crippen molar-refractivity contribution in [2.24, 2.45) is 5.10 Å². The first-order chi connectivity index (χ1) is 20.9. The summed E-state index contributed by atoms with van der Waals surface area (Å²) >= 11 is 6.39. The zero-order valence-electron chi connectivity index (χ0n) is 25.0. The van der Waals surface area contributed by atoms with Crippen LogP contribution in [0.2, 0.25) is 5.02 Å². The molecular weight excluding hydrogens is 562 g/mol. The summed E-state index contributed by atoms with van der Waals surface area (Å²) in [5, 5.41) is 10.5. The maximum absolute atomic E-state index is 13.1. The molecule has 226 valence electrons. The van der Waals surface area contributed by atoms with Crippen molar-refractivity contribution >= 4 is 29.0 Å². The highest BCUT2D eigenvalue weighted by Crippen LogP contribution is 2.33. The molecule has 6 rings (SSSR count). The second-order valence-corrected chi connectivity index (χ2v) is 12.4. The largest absolute Gasteiger partial charge is 0.450 e. The van der Waals surface area contributed by atoms with Gasteiger partial charge in [-0.25, -0.2) is 5.01 Å². The lowest BCUT2D eigenvalue weighted by atomic mass is 10.0. The first-order valence-corrected chi connectivity index (χ1v) is 15.6. The van der Waals surface area contributed by atoms with E-state index in [9.17, 15) is 4.79 Å². The molecule has 0 aliphatic carbocycles. The van der Waals surface area contributed by atoms with Gasteiger partial charge < -0.3 is 14.8 Å². The summed E-state index contributed by atoms with van der Waals surface area (Å²) in [6, 6.07) is 27.2. The van der Waals surface area contributed by atoms with Crippen LogP contribution in [0, 0.1) is 0 Å². The Morgan fingerprint density at radius 2 is 1.72 bits per heavy atom. The van der Waals surface area contributed by atoms with Crippen molar-refractivity contribution in [3.8, 4) is 5.75 Å². The number of nitrogens with one attached hydrogen (secondary N) is 1. The summed E-state index contributed by atoms with van der Waals surface area (Å²) in [4.78, 5) is 17.7. The second-order valence-electron chi connectivity index (χ2n) is 12.0. The fraction of sp³-hybridized carbons (Fsp3) is 0.412. The molecule has 0 spiro atoms. The molecule has 0 aromatic heterocycles. The molecule has 2 saturated heterocycles. The van der Waals surface area contributed by atoms with Gasteiger partial charge in [0.2, 0.25) is 5.91 Å². The number of hydrogen-bond acceptors (Lipinski definition) is 7. The van der Waals surface area contributed by atoms with Crippen molar-refractivity contribution in [2.75, 3.05) is 24.8 Å². The molecule has 1 N–H and O–H groups in total. The number of amides is 1. The Hall–Kier alpha value is -3.59. The van der Waals surface area contributed by atoms with Gasteiger partial charge in [-0.3, -0.25) is 14.6 Å². The van der Waals surface area contributed by atoms with Gasteiger partial charge in [-0.05, 0) is 82.0 Å². The predicted molar refractivity (Wildman–Crippen MR) is 170 cm³/mol. The van der Waals surface area contributed by atoms with Gasteiger partial charge >= 0.3 is 0 Å². The number of halogens is 1. The van der Waals surface area contributed by atoms with Crippen LogP contribution in [0.15, 0.2) is 84.0 Å². The first kappa shape index (κ1) is 29.5. The van der Waals surface area contributed by atoms with Crippen LogP contribution in [0.4, 0.5) is 5.69 Å². The number of hydrogen-bond donors (Lipinski definition) is 1. The minimum Gasteiger partial charge on any atom is -0.450 e. The van der Waals surface area contributed by atoms with Crippen LogP contribution < -0.4 is 15.1 Å². The molecule has 4 unspecified atom stereocenters. The van der Waals surface area contributed by atoms with Crippen molar-refractivity contribution in [1.82, 2.24) is 15.1 Å². The highest BCUT2D eigenvalue weighted by atomic mass is 35.5. The number of carbonyl (C=O) groups excluding carboxylic acids is 1. The van der Waals surface area contributed by atoms with Crippen LogP contribution >= 0.6 is 11.6 Å². The molecule has 8 nitrogen and oxygen atoms in total. The van der Waals surface area contributed by atoms with E-state index in [1.165, 1.54) is 18.4 Å². The fourth-order valence-corrected chi connectivity index (χ4v) is 6.69. The van der Waals surface area contributed by atoms with Gasteiger partial charge in [-0.2, -0.15) is 0 Å². The van der Waals surface area contributed by atoms with Crippen LogP contribution in [-0.4, -0.2) is 71.8 Å². The average molecular weight is 602 g/mol. The second kappa shape index (κ2) is 13.0. The molecule has 0 radical (unpaired) electrons. The fourth-order valence-electron chi connectivity index (χ4n) is 6.50. The van der Waals surface area contributed by atoms with E-state index >= 15 is 0 Å². The van der Waals surface area contributed by atoms with Crippen LogP contribution in [0.5, 0.6) is 5.75 Å². The Kier molecular flexibility index (Phi) is 8.88. The molecular formula is C34H40ClN5O3. The Morgan fingerprint density at radius 1 is 1.00 bits per heavy atom. The van der Waals surface area contributed by atoms with Crippen LogP contribution in [0.3, 0.4) is 0 Å². The van der Waals surface area contributed by atoms with Crippen molar-refractivity contribution in [3.63, 3.8) is 0 Å². The van der Waals surface area contributed by atoms with Crippen molar-refractivity contribution in [1.29, 1.82) is 0 Å². The Balaban J connectivity index is 1.30. The number of anilines is 1. The van der Waals surface area contributed by atoms with E-state index in [0.29, 0.717) is 34.7 Å². The normalized spacial score (nSPS) is 22.5. The number of para-hydroxylation sites is 1. The van der Waals surface area contributed by atoms with Crippen LogP contribution in [0.1, 0.15) is 44.7 Å². The molecule has 3 aromatic carbocycles. The first-order valence-electron chi connectivity index (χ1n) is 15.2. The third kappa shape index (κ3) is 6.66. The highest BCUT2D eigenvalue weighted by molar-refractivity contribution is 6.31. The van der Waals surface area contributed by atoms with E-state index in [0.717, 1.165) is 30.9 Å². The molecule has 43 heavy (non-hydrogen) atoms. The van der Waals surface area contributed by atoms with Gasteiger partial charge in [0, 0.05) is 34.8 Å². The molecule has 3 aliphatic rings. The Bertz CT molecular complexity index is 1420. The summed E-state index contributed by atoms with van der Waals surface area (Å²) in [5.41, 5.74) is 2.95. The number of rotatable bonds is 10. The van der Waals surface area contributed by atoms with Gasteiger partial charge in [-0.1, -0.05) is 54.1 Å². The van der Waals surface area contributed by atoms with Gasteiger partial charge in [0.1, 0.15) is 12.3 Å². The quantitative estimate of drug-likeness (QED) is 0.331. The summed E-state index contributed by atoms with van der Waals surface area (Å²) in [6.07, 6.45) is 2.73. The molecule has 0 saturated carbocycles. The third-order valence-corrected chi connectivity index (χ3v) is 8.55. The Morgan fingerprint density at radius 3 is 2.40 bits per heavy atom. The summed E-state index contributed by atoms with van der Waals surface area (Å²) in [5.74, 6) is 1.18. The molecule has 3 aliphatic heterocycles. The van der Waals surface area contributed by atoms with E-state index in [1.54, 1.807) is 0 Å². The zero-order chi connectivity index (χ0) is 29.9. The average Bonchev–Trinajstić information content (AvgIpc) is 3.46. The number of ether oxygens (including phenoxy) is 2. The Labute approximate surface area is 259 Å². The molecule has 2 fully saturated rings. The molecule has 3 heterocycles. The van der Waals surface area contributed by atoms with Crippen molar-refractivity contribution in [3.05, 3.63) is 95.0 Å². The maximum Gasteiger partial charge on any atom is 0.274 e. The molecule has 1 amide bonds. The minimum absolute atomic E-state index is 0.00819. The standard InChI is InChI=1S/C34H40ClN5O3/c1-23(2)36-32(41)20-38-33(26-8-7-9-27(35)19-26)37-40(34(38)43-31-10-5-4-6-11-31)28-14-12-25(13-15-28)18-24(3)39-29-16-17-30(39)22-42-21-29/h4-15,19,23-24,29-30,34H,16-18,20-22H2,1-3H3,(H,36,41). The number of benzene rings is 3. The predicted octanol–water partition coefficient (Wildman–Crippen LogP) is 5.51. The number of nitrogens with zero attached hydrogens (tertiary/aromatic N) is 4. The van der Waals surface area contributed by atoms with Crippen molar-refractivity contribution in [2.45, 2.75) is 70.6 Å². The highest BCUT2D eigenvalue weighted by Gasteiger charge is 2.41. The van der Waals surface area contributed by atoms with Crippen LogP contribution in [0.25, 0.3) is 0 Å². The number of amidine groups is 1. The van der Waals surface area contributed by atoms with Crippen LogP contribution in [-0.2, 0) is 16.0 Å². The lowest BCUT2D eigenvalue weighted by Gasteiger charge is -2.39. The summed E-state index contributed by atoms with van der Waals surface area (Å²) < 4.78 is 12.4. The van der Waals surface area contributed by atoms with Gasteiger partial charge in [-0.15, -0.1) is 5.10 Å². The molecule has 2 bridgehead atoms. The molecule has 4 atom stereocenters. The zero-order valence-corrected chi connectivity index (χ0v) is 25.8. The number of carbonyl (C=O) groups is 1. The smallest absolute Gasteiger partial charge is 0.274 e. The monoisotopic (exact) mass is 601 g/mol. The maximum atomic E-state index is 13.1. The van der Waals surface area contributed by atoms with E-state index in [-0.39, 0.29) is 18.5 Å². The topological polar surface area (TPSA) is 69.6 Å². The van der Waals surface area contributed by atoms with E-state index in [2.05, 4.69) is 41.4 Å². The minimum atomic E-state index is -0.692. The van der Waals surface area contributed by atoms with E-state index < -0.39 is 6.35 Å². The molecule has 3 aromatic rings. The van der Waals surface area contributed by atoms with Gasteiger partial charge in [0.05, 0.1) is 18.9 Å². The van der Waals surface area contributed by atoms with E-state index in [4.69, 9.17) is 26.2 Å².